The molecule has 5 heteroatoms. The summed E-state index contributed by atoms with van der Waals surface area (Å²) in [7, 11) is -2.75. The Hall–Kier alpha value is -2.40. The first-order valence-corrected chi connectivity index (χ1v) is 9.02. The highest BCUT2D eigenvalue weighted by molar-refractivity contribution is 7.92. The molecular formula is C19H20O4S. The number of aryl methyl sites for hydroxylation is 1. The zero-order chi connectivity index (χ0) is 17.7. The number of esters is 1. The fourth-order valence-corrected chi connectivity index (χ4v) is 4.38. The molecule has 0 aliphatic carbocycles. The first kappa shape index (κ1) is 17.9. The van der Waals surface area contributed by atoms with Crippen LogP contribution >= 0.6 is 0 Å². The molecule has 2 aromatic rings. The van der Waals surface area contributed by atoms with Gasteiger partial charge in [0, 0.05) is 5.92 Å². The largest absolute Gasteiger partial charge is 0.468 e. The smallest absolute Gasteiger partial charge is 0.325 e. The quantitative estimate of drug-likeness (QED) is 0.596. The van der Waals surface area contributed by atoms with Gasteiger partial charge in [-0.1, -0.05) is 54.1 Å². The van der Waals surface area contributed by atoms with Crippen molar-refractivity contribution in [3.63, 3.8) is 0 Å². The Morgan fingerprint density at radius 2 is 1.67 bits per heavy atom. The minimum absolute atomic E-state index is 0.0891. The van der Waals surface area contributed by atoms with Gasteiger partial charge in [0.15, 0.2) is 15.1 Å². The van der Waals surface area contributed by atoms with E-state index in [1.165, 1.54) is 25.3 Å². The van der Waals surface area contributed by atoms with Crippen LogP contribution in [-0.4, -0.2) is 26.7 Å². The summed E-state index contributed by atoms with van der Waals surface area (Å²) in [5.41, 5.74) is 1.63. The highest BCUT2D eigenvalue weighted by Crippen LogP contribution is 2.31. The number of benzene rings is 2. The summed E-state index contributed by atoms with van der Waals surface area (Å²) in [5, 5.41) is -1.38. The van der Waals surface area contributed by atoms with E-state index in [-0.39, 0.29) is 4.90 Å². The lowest BCUT2D eigenvalue weighted by Crippen LogP contribution is -2.36. The molecule has 0 aliphatic heterocycles. The molecule has 0 amide bonds. The van der Waals surface area contributed by atoms with Gasteiger partial charge in [0.2, 0.25) is 0 Å². The van der Waals surface area contributed by atoms with Gasteiger partial charge in [0.05, 0.1) is 12.0 Å². The maximum atomic E-state index is 13.1. The molecule has 0 bridgehead atoms. The van der Waals surface area contributed by atoms with E-state index < -0.39 is 27.0 Å². The molecule has 0 aromatic heterocycles. The van der Waals surface area contributed by atoms with E-state index in [1.807, 2.05) is 13.0 Å². The van der Waals surface area contributed by atoms with Crippen LogP contribution in [0, 0.1) is 6.92 Å². The number of rotatable bonds is 6. The Labute approximate surface area is 142 Å². The number of carbonyl (C=O) groups is 1. The Morgan fingerprint density at radius 1 is 1.08 bits per heavy atom. The van der Waals surface area contributed by atoms with Crippen LogP contribution in [0.15, 0.2) is 72.1 Å². The second-order valence-corrected chi connectivity index (χ2v) is 7.54. The summed E-state index contributed by atoms with van der Waals surface area (Å²) >= 11 is 0. The molecule has 0 fully saturated rings. The van der Waals surface area contributed by atoms with Crippen molar-refractivity contribution in [2.75, 3.05) is 7.11 Å². The van der Waals surface area contributed by atoms with Gasteiger partial charge in [-0.15, -0.1) is 6.58 Å². The van der Waals surface area contributed by atoms with Crippen LogP contribution < -0.4 is 0 Å². The van der Waals surface area contributed by atoms with Gasteiger partial charge >= 0.3 is 5.97 Å². The predicted molar refractivity (Wildman–Crippen MR) is 93.5 cm³/mol. The van der Waals surface area contributed by atoms with Crippen molar-refractivity contribution in [1.82, 2.24) is 0 Å². The van der Waals surface area contributed by atoms with Gasteiger partial charge in [-0.2, -0.15) is 0 Å². The minimum Gasteiger partial charge on any atom is -0.468 e. The highest BCUT2D eigenvalue weighted by atomic mass is 32.2. The van der Waals surface area contributed by atoms with Gasteiger partial charge in [0.25, 0.3) is 0 Å². The van der Waals surface area contributed by atoms with Gasteiger partial charge < -0.3 is 4.74 Å². The third kappa shape index (κ3) is 3.57. The molecule has 0 heterocycles. The minimum atomic E-state index is -3.93. The first-order valence-electron chi connectivity index (χ1n) is 7.47. The van der Waals surface area contributed by atoms with Gasteiger partial charge in [-0.05, 0) is 24.6 Å². The Bertz CT molecular complexity index is 808. The topological polar surface area (TPSA) is 60.4 Å². The summed E-state index contributed by atoms with van der Waals surface area (Å²) in [5.74, 6) is -1.51. The molecule has 24 heavy (non-hydrogen) atoms. The second-order valence-electron chi connectivity index (χ2n) is 5.47. The van der Waals surface area contributed by atoms with Crippen LogP contribution in [0.4, 0.5) is 0 Å². The van der Waals surface area contributed by atoms with Gasteiger partial charge in [-0.3, -0.25) is 4.79 Å². The molecule has 0 N–H and O–H groups in total. The Morgan fingerprint density at radius 3 is 2.17 bits per heavy atom. The molecule has 2 rings (SSSR count). The van der Waals surface area contributed by atoms with Crippen LogP contribution in [-0.2, 0) is 19.4 Å². The van der Waals surface area contributed by atoms with Gasteiger partial charge in [-0.25, -0.2) is 8.42 Å². The van der Waals surface area contributed by atoms with Crippen molar-refractivity contribution in [3.8, 4) is 0 Å². The monoisotopic (exact) mass is 344 g/mol. The van der Waals surface area contributed by atoms with Crippen molar-refractivity contribution in [2.24, 2.45) is 0 Å². The Balaban J connectivity index is 2.57. The number of methoxy groups -OCH3 is 1. The summed E-state index contributed by atoms with van der Waals surface area (Å²) in [6.07, 6.45) is 1.47. The predicted octanol–water partition coefficient (Wildman–Crippen LogP) is 3.28. The van der Waals surface area contributed by atoms with Crippen LogP contribution in [0.25, 0.3) is 0 Å². The molecule has 0 radical (unpaired) electrons. The molecule has 0 aliphatic rings. The molecule has 126 valence electrons. The van der Waals surface area contributed by atoms with E-state index in [9.17, 15) is 13.2 Å². The van der Waals surface area contributed by atoms with Crippen LogP contribution in [0.1, 0.15) is 17.0 Å². The third-order valence-electron chi connectivity index (χ3n) is 3.88. The van der Waals surface area contributed by atoms with Crippen molar-refractivity contribution in [2.45, 2.75) is 23.0 Å². The second kappa shape index (κ2) is 7.45. The molecular weight excluding hydrogens is 324 g/mol. The maximum Gasteiger partial charge on any atom is 0.325 e. The molecule has 0 spiro atoms. The van der Waals surface area contributed by atoms with Crippen molar-refractivity contribution >= 4 is 15.8 Å². The number of sulfone groups is 1. The lowest BCUT2D eigenvalue weighted by atomic mass is 9.95. The third-order valence-corrected chi connectivity index (χ3v) is 5.97. The molecule has 2 atom stereocenters. The Kier molecular flexibility index (Phi) is 5.57. The fourth-order valence-electron chi connectivity index (χ4n) is 2.57. The standard InChI is InChI=1S/C19H20O4S/c1-4-17(15-8-6-5-7-9-15)18(19(20)23-3)24(21,22)16-12-10-14(2)11-13-16/h4-13,17-18H,1H2,2-3H3. The van der Waals surface area contributed by atoms with E-state index in [0.717, 1.165) is 5.56 Å². The lowest BCUT2D eigenvalue weighted by Gasteiger charge is -2.23. The van der Waals surface area contributed by atoms with Crippen molar-refractivity contribution in [1.29, 1.82) is 0 Å². The van der Waals surface area contributed by atoms with Crippen LogP contribution in [0.2, 0.25) is 0 Å². The molecule has 0 saturated carbocycles. The van der Waals surface area contributed by atoms with Crippen molar-refractivity contribution < 1.29 is 17.9 Å². The van der Waals surface area contributed by atoms with Gasteiger partial charge in [0.1, 0.15) is 0 Å². The van der Waals surface area contributed by atoms with Crippen LogP contribution in [0.5, 0.6) is 0 Å². The van der Waals surface area contributed by atoms with E-state index in [1.54, 1.807) is 36.4 Å². The number of hydrogen-bond acceptors (Lipinski definition) is 4. The number of ether oxygens (including phenoxy) is 1. The molecule has 4 nitrogen and oxygen atoms in total. The highest BCUT2D eigenvalue weighted by Gasteiger charge is 2.41. The van der Waals surface area contributed by atoms with E-state index in [2.05, 4.69) is 6.58 Å². The normalized spacial score (nSPS) is 13.8. The zero-order valence-electron chi connectivity index (χ0n) is 13.7. The average molecular weight is 344 g/mol. The van der Waals surface area contributed by atoms with Crippen molar-refractivity contribution in [3.05, 3.63) is 78.4 Å². The summed E-state index contributed by atoms with van der Waals surface area (Å²) in [4.78, 5) is 12.4. The first-order chi connectivity index (χ1) is 11.4. The lowest BCUT2D eigenvalue weighted by molar-refractivity contribution is -0.140. The van der Waals surface area contributed by atoms with E-state index >= 15 is 0 Å². The molecule has 2 aromatic carbocycles. The number of carbonyl (C=O) groups excluding carboxylic acids is 1. The summed E-state index contributed by atoms with van der Waals surface area (Å²) in [6.45, 7) is 5.59. The zero-order valence-corrected chi connectivity index (χ0v) is 14.5. The fraction of sp³-hybridized carbons (Fsp3) is 0.211. The maximum absolute atomic E-state index is 13.1. The van der Waals surface area contributed by atoms with E-state index in [4.69, 9.17) is 4.74 Å². The average Bonchev–Trinajstić information content (AvgIpc) is 2.59. The summed E-state index contributed by atoms with van der Waals surface area (Å²) < 4.78 is 30.9. The molecule has 2 unspecified atom stereocenters. The van der Waals surface area contributed by atoms with Crippen LogP contribution in [0.3, 0.4) is 0 Å². The summed E-state index contributed by atoms with van der Waals surface area (Å²) in [6, 6.07) is 15.4. The number of allylic oxidation sites excluding steroid dienone is 1. The number of hydrogen-bond donors (Lipinski definition) is 0. The molecule has 0 saturated heterocycles. The van der Waals surface area contributed by atoms with E-state index in [0.29, 0.717) is 5.56 Å². The SMILES string of the molecule is C=CC(c1ccccc1)C(C(=O)OC)S(=O)(=O)c1ccc(C)cc1.